The minimum atomic E-state index is -0.332. The lowest BCUT2D eigenvalue weighted by Crippen LogP contribution is -2.00. The van der Waals surface area contributed by atoms with E-state index in [4.69, 9.17) is 0 Å². The fraction of sp³-hybridized carbons (Fsp3) is 0.364. The summed E-state index contributed by atoms with van der Waals surface area (Å²) in [6, 6.07) is 4.49. The second-order valence-corrected chi connectivity index (χ2v) is 3.08. The third-order valence-corrected chi connectivity index (χ3v) is 2.12. The standard InChI is InChI=1S/C9H8BrFO.C2H6/c1-6-2-3-7(4-8(6)11)9(12)5-10;1-2/h2-4H,5H2,1H3;1-2H3. The fourth-order valence-corrected chi connectivity index (χ4v) is 1.17. The van der Waals surface area contributed by atoms with E-state index in [1.54, 1.807) is 19.1 Å². The van der Waals surface area contributed by atoms with E-state index in [9.17, 15) is 9.18 Å². The van der Waals surface area contributed by atoms with Gasteiger partial charge in [0.15, 0.2) is 5.78 Å². The largest absolute Gasteiger partial charge is 0.293 e. The van der Waals surface area contributed by atoms with Gasteiger partial charge >= 0.3 is 0 Å². The van der Waals surface area contributed by atoms with Crippen LogP contribution in [0, 0.1) is 12.7 Å². The molecule has 0 atom stereocenters. The predicted molar refractivity (Wildman–Crippen MR) is 60.6 cm³/mol. The van der Waals surface area contributed by atoms with Crippen LogP contribution in [0.25, 0.3) is 0 Å². The quantitative estimate of drug-likeness (QED) is 0.585. The molecule has 0 saturated heterocycles. The summed E-state index contributed by atoms with van der Waals surface area (Å²) in [5.41, 5.74) is 0.969. The van der Waals surface area contributed by atoms with Crippen LogP contribution in [-0.4, -0.2) is 11.1 Å². The van der Waals surface area contributed by atoms with Crippen LogP contribution >= 0.6 is 15.9 Å². The number of halogens is 2. The van der Waals surface area contributed by atoms with Gasteiger partial charge in [-0.25, -0.2) is 4.39 Å². The van der Waals surface area contributed by atoms with Gasteiger partial charge in [-0.2, -0.15) is 0 Å². The van der Waals surface area contributed by atoms with Gasteiger partial charge in [-0.05, 0) is 18.6 Å². The first kappa shape index (κ1) is 13.3. The monoisotopic (exact) mass is 260 g/mol. The summed E-state index contributed by atoms with van der Waals surface area (Å²) in [6.07, 6.45) is 0. The average Bonchev–Trinajstić information content (AvgIpc) is 2.24. The molecule has 0 spiro atoms. The van der Waals surface area contributed by atoms with Gasteiger partial charge < -0.3 is 0 Å². The zero-order valence-corrected chi connectivity index (χ0v) is 10.2. The molecule has 0 unspecified atom stereocenters. The molecule has 3 heteroatoms. The van der Waals surface area contributed by atoms with E-state index in [1.165, 1.54) is 6.07 Å². The number of carbonyl (C=O) groups is 1. The molecule has 0 aliphatic carbocycles. The molecule has 0 aliphatic heterocycles. The lowest BCUT2D eigenvalue weighted by atomic mass is 10.1. The number of ketones is 1. The van der Waals surface area contributed by atoms with Crippen molar-refractivity contribution in [2.75, 3.05) is 5.33 Å². The second kappa shape index (κ2) is 6.71. The Hall–Kier alpha value is -0.700. The first-order valence-electron chi connectivity index (χ1n) is 4.50. The summed E-state index contributed by atoms with van der Waals surface area (Å²) in [5.74, 6) is -0.435. The van der Waals surface area contributed by atoms with Crippen LogP contribution in [0.3, 0.4) is 0 Å². The zero-order chi connectivity index (χ0) is 11.1. The molecule has 1 rings (SSSR count). The second-order valence-electron chi connectivity index (χ2n) is 2.52. The first-order valence-corrected chi connectivity index (χ1v) is 5.62. The number of hydrogen-bond donors (Lipinski definition) is 0. The van der Waals surface area contributed by atoms with E-state index in [0.29, 0.717) is 11.1 Å². The number of alkyl halides is 1. The molecule has 0 saturated carbocycles. The number of hydrogen-bond acceptors (Lipinski definition) is 1. The Morgan fingerprint density at radius 2 is 2.00 bits per heavy atom. The molecule has 0 amide bonds. The maximum absolute atomic E-state index is 12.9. The summed E-state index contributed by atoms with van der Waals surface area (Å²) < 4.78 is 12.9. The smallest absolute Gasteiger partial charge is 0.173 e. The molecule has 0 aliphatic rings. The maximum atomic E-state index is 12.9. The van der Waals surface area contributed by atoms with E-state index < -0.39 is 0 Å². The molecule has 1 aromatic carbocycles. The van der Waals surface area contributed by atoms with Gasteiger partial charge in [-0.15, -0.1) is 0 Å². The average molecular weight is 261 g/mol. The Kier molecular flexibility index (Phi) is 6.37. The van der Waals surface area contributed by atoms with Crippen molar-refractivity contribution < 1.29 is 9.18 Å². The van der Waals surface area contributed by atoms with Crippen LogP contribution in [0.2, 0.25) is 0 Å². The van der Waals surface area contributed by atoms with Crippen LogP contribution in [0.4, 0.5) is 4.39 Å². The molecule has 14 heavy (non-hydrogen) atoms. The number of Topliss-reactive ketones (excluding diaryl/α,β-unsaturated/α-hetero) is 1. The number of rotatable bonds is 2. The number of aryl methyl sites for hydroxylation is 1. The van der Waals surface area contributed by atoms with Gasteiger partial charge in [-0.3, -0.25) is 4.79 Å². The summed E-state index contributed by atoms with van der Waals surface area (Å²) >= 11 is 3.02. The van der Waals surface area contributed by atoms with Crippen molar-refractivity contribution in [2.45, 2.75) is 20.8 Å². The van der Waals surface area contributed by atoms with Gasteiger partial charge in [-0.1, -0.05) is 41.9 Å². The van der Waals surface area contributed by atoms with Crippen molar-refractivity contribution in [1.82, 2.24) is 0 Å². The van der Waals surface area contributed by atoms with Crippen molar-refractivity contribution in [1.29, 1.82) is 0 Å². The zero-order valence-electron chi connectivity index (χ0n) is 8.60. The third-order valence-electron chi connectivity index (χ3n) is 1.62. The molecule has 1 nitrogen and oxygen atoms in total. The maximum Gasteiger partial charge on any atom is 0.173 e. The minimum absolute atomic E-state index is 0.103. The Balaban J connectivity index is 0.000000791. The van der Waals surface area contributed by atoms with Crippen molar-refractivity contribution in [3.05, 3.63) is 35.1 Å². The molecule has 0 bridgehead atoms. The van der Waals surface area contributed by atoms with Crippen LogP contribution < -0.4 is 0 Å². The summed E-state index contributed by atoms with van der Waals surface area (Å²) in [6.45, 7) is 5.66. The van der Waals surface area contributed by atoms with Crippen LogP contribution in [0.1, 0.15) is 29.8 Å². The van der Waals surface area contributed by atoms with Crippen LogP contribution in [0.5, 0.6) is 0 Å². The molecular weight excluding hydrogens is 247 g/mol. The van der Waals surface area contributed by atoms with E-state index >= 15 is 0 Å². The van der Waals surface area contributed by atoms with Gasteiger partial charge in [0.05, 0.1) is 5.33 Å². The lowest BCUT2D eigenvalue weighted by molar-refractivity contribution is 0.102. The Labute approximate surface area is 92.5 Å². The highest BCUT2D eigenvalue weighted by Crippen LogP contribution is 2.10. The van der Waals surface area contributed by atoms with Crippen molar-refractivity contribution in [2.24, 2.45) is 0 Å². The highest BCUT2D eigenvalue weighted by atomic mass is 79.9. The van der Waals surface area contributed by atoms with Gasteiger partial charge in [0.25, 0.3) is 0 Å². The first-order chi connectivity index (χ1) is 6.65. The topological polar surface area (TPSA) is 17.1 Å². The summed E-state index contributed by atoms with van der Waals surface area (Å²) in [4.78, 5) is 11.1. The Morgan fingerprint density at radius 3 is 2.43 bits per heavy atom. The van der Waals surface area contributed by atoms with E-state index in [1.807, 2.05) is 13.8 Å². The lowest BCUT2D eigenvalue weighted by Gasteiger charge is -1.99. The molecule has 78 valence electrons. The van der Waals surface area contributed by atoms with Gasteiger partial charge in [0.2, 0.25) is 0 Å². The highest BCUT2D eigenvalue weighted by molar-refractivity contribution is 9.09. The summed E-state index contributed by atoms with van der Waals surface area (Å²) in [5, 5.41) is 0.232. The fourth-order valence-electron chi connectivity index (χ4n) is 0.843. The Bertz CT molecular complexity index is 310. The van der Waals surface area contributed by atoms with Crippen molar-refractivity contribution in [3.63, 3.8) is 0 Å². The molecule has 0 radical (unpaired) electrons. The molecule has 0 N–H and O–H groups in total. The predicted octanol–water partition coefficient (Wildman–Crippen LogP) is 3.74. The third kappa shape index (κ3) is 3.58. The van der Waals surface area contributed by atoms with E-state index in [2.05, 4.69) is 15.9 Å². The number of carbonyl (C=O) groups excluding carboxylic acids is 1. The minimum Gasteiger partial charge on any atom is -0.293 e. The van der Waals surface area contributed by atoms with Crippen molar-refractivity contribution in [3.8, 4) is 0 Å². The summed E-state index contributed by atoms with van der Waals surface area (Å²) in [7, 11) is 0. The van der Waals surface area contributed by atoms with E-state index in [-0.39, 0.29) is 16.9 Å². The van der Waals surface area contributed by atoms with Gasteiger partial charge in [0, 0.05) is 5.56 Å². The highest BCUT2D eigenvalue weighted by Gasteiger charge is 2.05. The Morgan fingerprint density at radius 1 is 1.43 bits per heavy atom. The number of benzene rings is 1. The molecule has 0 heterocycles. The van der Waals surface area contributed by atoms with Crippen molar-refractivity contribution >= 4 is 21.7 Å². The SMILES string of the molecule is CC.Cc1ccc(C(=O)CBr)cc1F. The van der Waals surface area contributed by atoms with Crippen LogP contribution in [0.15, 0.2) is 18.2 Å². The van der Waals surface area contributed by atoms with Crippen LogP contribution in [-0.2, 0) is 0 Å². The van der Waals surface area contributed by atoms with Gasteiger partial charge in [0.1, 0.15) is 5.82 Å². The molecule has 0 fully saturated rings. The normalized spacial score (nSPS) is 8.93. The van der Waals surface area contributed by atoms with E-state index in [0.717, 1.165) is 0 Å². The molecule has 1 aromatic rings. The molecule has 0 aromatic heterocycles. The molecular formula is C11H14BrFO.